The van der Waals surface area contributed by atoms with E-state index in [9.17, 15) is 0 Å². The van der Waals surface area contributed by atoms with Gasteiger partial charge < -0.3 is 14.8 Å². The highest BCUT2D eigenvalue weighted by atomic mass is 16.5. The summed E-state index contributed by atoms with van der Waals surface area (Å²) in [6.07, 6.45) is 3.29. The fraction of sp³-hybridized carbons (Fsp3) is 0.600. The number of benzene rings is 1. The first-order chi connectivity index (χ1) is 8.72. The van der Waals surface area contributed by atoms with Crippen LogP contribution >= 0.6 is 0 Å². The van der Waals surface area contributed by atoms with E-state index in [0.717, 1.165) is 38.1 Å². The molecule has 1 aromatic carbocycles. The van der Waals surface area contributed by atoms with Gasteiger partial charge in [0.15, 0.2) is 0 Å². The lowest BCUT2D eigenvalue weighted by molar-refractivity contribution is -0.0479. The third kappa shape index (κ3) is 2.02. The zero-order valence-corrected chi connectivity index (χ0v) is 11.2. The number of methoxy groups -OCH3 is 1. The van der Waals surface area contributed by atoms with Crippen LogP contribution in [0, 0.1) is 6.92 Å². The van der Waals surface area contributed by atoms with Crippen molar-refractivity contribution in [2.24, 2.45) is 0 Å². The molecular formula is C15H21NO2. The molecule has 1 atom stereocenters. The van der Waals surface area contributed by atoms with Gasteiger partial charge in [0.25, 0.3) is 0 Å². The Morgan fingerprint density at radius 2 is 2.11 bits per heavy atom. The van der Waals surface area contributed by atoms with Gasteiger partial charge >= 0.3 is 0 Å². The highest BCUT2D eigenvalue weighted by molar-refractivity contribution is 5.41. The number of hydrogen-bond acceptors (Lipinski definition) is 3. The van der Waals surface area contributed by atoms with E-state index in [1.54, 1.807) is 7.11 Å². The number of ether oxygens (including phenoxy) is 2. The molecule has 2 aliphatic rings. The monoisotopic (exact) mass is 247 g/mol. The normalized spacial score (nSPS) is 25.6. The Morgan fingerprint density at radius 1 is 1.33 bits per heavy atom. The van der Waals surface area contributed by atoms with Gasteiger partial charge in [-0.05, 0) is 44.5 Å². The molecule has 0 radical (unpaired) electrons. The first-order valence-electron chi connectivity index (χ1n) is 6.75. The summed E-state index contributed by atoms with van der Waals surface area (Å²) >= 11 is 0. The molecule has 0 aliphatic carbocycles. The molecule has 1 unspecified atom stereocenters. The molecule has 98 valence electrons. The Balaban J connectivity index is 1.97. The van der Waals surface area contributed by atoms with Crippen molar-refractivity contribution in [2.45, 2.75) is 37.9 Å². The molecule has 1 N–H and O–H groups in total. The topological polar surface area (TPSA) is 30.5 Å². The number of hydrogen-bond donors (Lipinski definition) is 1. The van der Waals surface area contributed by atoms with Gasteiger partial charge in [0, 0.05) is 19.1 Å². The van der Waals surface area contributed by atoms with E-state index >= 15 is 0 Å². The van der Waals surface area contributed by atoms with Gasteiger partial charge in [-0.3, -0.25) is 0 Å². The summed E-state index contributed by atoms with van der Waals surface area (Å²) in [6.45, 7) is 4.18. The summed E-state index contributed by atoms with van der Waals surface area (Å²) in [5, 5.41) is 3.40. The molecule has 0 amide bonds. The summed E-state index contributed by atoms with van der Waals surface area (Å²) in [7, 11) is 1.80. The van der Waals surface area contributed by atoms with Gasteiger partial charge in [0.1, 0.15) is 11.4 Å². The second-order valence-electron chi connectivity index (χ2n) is 5.50. The van der Waals surface area contributed by atoms with Crippen molar-refractivity contribution < 1.29 is 9.47 Å². The molecule has 3 rings (SSSR count). The largest absolute Gasteiger partial charge is 0.487 e. The molecule has 2 heterocycles. The minimum absolute atomic E-state index is 0.0211. The fourth-order valence-corrected chi connectivity index (χ4v) is 3.12. The van der Waals surface area contributed by atoms with Crippen LogP contribution in [0.15, 0.2) is 18.2 Å². The van der Waals surface area contributed by atoms with Crippen molar-refractivity contribution >= 4 is 0 Å². The molecular weight excluding hydrogens is 226 g/mol. The third-order valence-electron chi connectivity index (χ3n) is 4.20. The smallest absolute Gasteiger partial charge is 0.126 e. The first-order valence-corrected chi connectivity index (χ1v) is 6.75. The highest BCUT2D eigenvalue weighted by Gasteiger charge is 2.41. The molecule has 3 nitrogen and oxygen atoms in total. The predicted molar refractivity (Wildman–Crippen MR) is 71.0 cm³/mol. The van der Waals surface area contributed by atoms with Gasteiger partial charge in [-0.15, -0.1) is 0 Å². The molecule has 1 fully saturated rings. The van der Waals surface area contributed by atoms with Crippen LogP contribution in [0.25, 0.3) is 0 Å². The van der Waals surface area contributed by atoms with Crippen molar-refractivity contribution in [1.29, 1.82) is 0 Å². The lowest BCUT2D eigenvalue weighted by Crippen LogP contribution is -2.49. The molecule has 1 aromatic rings. The zero-order chi connectivity index (χ0) is 12.6. The SMILES string of the molecule is COC1CC2(CCNCC2)Oc2cc(C)ccc21. The zero-order valence-electron chi connectivity index (χ0n) is 11.2. The number of rotatable bonds is 1. The summed E-state index contributed by atoms with van der Waals surface area (Å²) in [5.74, 6) is 1.02. The maximum absolute atomic E-state index is 6.35. The Bertz CT molecular complexity index is 438. The van der Waals surface area contributed by atoms with Gasteiger partial charge in [-0.2, -0.15) is 0 Å². The average Bonchev–Trinajstić information content (AvgIpc) is 2.38. The standard InChI is InChI=1S/C15H21NO2/c1-11-3-4-12-13(9-11)18-15(10-14(12)17-2)5-7-16-8-6-15/h3-4,9,14,16H,5-8,10H2,1-2H3. The maximum atomic E-state index is 6.35. The van der Waals surface area contributed by atoms with Gasteiger partial charge in [-0.25, -0.2) is 0 Å². The number of nitrogens with one attached hydrogen (secondary N) is 1. The molecule has 2 aliphatic heterocycles. The Hall–Kier alpha value is -1.06. The van der Waals surface area contributed by atoms with Crippen LogP contribution in [0.5, 0.6) is 5.75 Å². The average molecular weight is 247 g/mol. The third-order valence-corrected chi connectivity index (χ3v) is 4.20. The van der Waals surface area contributed by atoms with Gasteiger partial charge in [0.2, 0.25) is 0 Å². The summed E-state index contributed by atoms with van der Waals surface area (Å²) in [4.78, 5) is 0. The molecule has 18 heavy (non-hydrogen) atoms. The van der Waals surface area contributed by atoms with E-state index < -0.39 is 0 Å². The first kappa shape index (κ1) is 12.0. The van der Waals surface area contributed by atoms with Crippen molar-refractivity contribution in [1.82, 2.24) is 5.32 Å². The van der Waals surface area contributed by atoms with Gasteiger partial charge in [-0.1, -0.05) is 12.1 Å². The molecule has 1 saturated heterocycles. The second-order valence-corrected chi connectivity index (χ2v) is 5.50. The quantitative estimate of drug-likeness (QED) is 0.827. The number of fused-ring (bicyclic) bond motifs is 1. The van der Waals surface area contributed by atoms with Crippen LogP contribution in [0.3, 0.4) is 0 Å². The van der Waals surface area contributed by atoms with Crippen molar-refractivity contribution in [3.8, 4) is 5.75 Å². The van der Waals surface area contributed by atoms with Crippen molar-refractivity contribution in [2.75, 3.05) is 20.2 Å². The predicted octanol–water partition coefficient (Wildman–Crippen LogP) is 2.59. The minimum atomic E-state index is -0.0211. The van der Waals surface area contributed by atoms with Crippen LogP contribution in [-0.2, 0) is 4.74 Å². The van der Waals surface area contributed by atoms with Crippen molar-refractivity contribution in [3.05, 3.63) is 29.3 Å². The van der Waals surface area contributed by atoms with Gasteiger partial charge in [0.05, 0.1) is 6.10 Å². The van der Waals surface area contributed by atoms with E-state index in [1.807, 2.05) is 0 Å². The molecule has 0 saturated carbocycles. The fourth-order valence-electron chi connectivity index (χ4n) is 3.12. The molecule has 0 aromatic heterocycles. The van der Waals surface area contributed by atoms with E-state index in [-0.39, 0.29) is 11.7 Å². The van der Waals surface area contributed by atoms with Crippen LogP contribution < -0.4 is 10.1 Å². The number of piperidine rings is 1. The van der Waals surface area contributed by atoms with Crippen LogP contribution in [0.2, 0.25) is 0 Å². The summed E-state index contributed by atoms with van der Waals surface area (Å²) < 4.78 is 12.0. The lowest BCUT2D eigenvalue weighted by atomic mass is 9.82. The summed E-state index contributed by atoms with van der Waals surface area (Å²) in [6, 6.07) is 6.42. The highest BCUT2D eigenvalue weighted by Crippen LogP contribution is 2.44. The summed E-state index contributed by atoms with van der Waals surface area (Å²) in [5.41, 5.74) is 2.43. The van der Waals surface area contributed by atoms with Crippen LogP contribution in [0.1, 0.15) is 36.5 Å². The Morgan fingerprint density at radius 3 is 2.83 bits per heavy atom. The maximum Gasteiger partial charge on any atom is 0.126 e. The lowest BCUT2D eigenvalue weighted by Gasteiger charge is -2.44. The molecule has 0 bridgehead atoms. The van der Waals surface area contributed by atoms with E-state index in [0.29, 0.717) is 0 Å². The van der Waals surface area contributed by atoms with Crippen molar-refractivity contribution in [3.63, 3.8) is 0 Å². The number of aryl methyl sites for hydroxylation is 1. The Kier molecular flexibility index (Phi) is 3.04. The van der Waals surface area contributed by atoms with Crippen LogP contribution in [0.4, 0.5) is 0 Å². The van der Waals surface area contributed by atoms with Crippen LogP contribution in [-0.4, -0.2) is 25.8 Å². The molecule has 1 spiro atoms. The van der Waals surface area contributed by atoms with E-state index in [1.165, 1.54) is 11.1 Å². The van der Waals surface area contributed by atoms with E-state index in [2.05, 4.69) is 30.4 Å². The minimum Gasteiger partial charge on any atom is -0.487 e. The van der Waals surface area contributed by atoms with E-state index in [4.69, 9.17) is 9.47 Å². The Labute approximate surface area is 108 Å². The molecule has 3 heteroatoms. The second kappa shape index (κ2) is 4.56.